The Morgan fingerprint density at radius 2 is 1.71 bits per heavy atom. The zero-order valence-corrected chi connectivity index (χ0v) is 20.8. The lowest BCUT2D eigenvalue weighted by Crippen LogP contribution is -2.63. The Labute approximate surface area is 219 Å². The van der Waals surface area contributed by atoms with Crippen LogP contribution < -0.4 is 11.1 Å². The van der Waals surface area contributed by atoms with E-state index in [1.54, 1.807) is 6.20 Å². The van der Waals surface area contributed by atoms with Gasteiger partial charge in [-0.25, -0.2) is 4.98 Å². The minimum absolute atomic E-state index is 0.253. The van der Waals surface area contributed by atoms with Gasteiger partial charge in [-0.2, -0.15) is 0 Å². The van der Waals surface area contributed by atoms with Gasteiger partial charge in [-0.1, -0.05) is 60.7 Å². The molecule has 1 fully saturated rings. The normalized spacial score (nSPS) is 16.8. The van der Waals surface area contributed by atoms with Crippen molar-refractivity contribution in [3.8, 4) is 11.1 Å². The molecule has 1 atom stereocenters. The maximum absolute atomic E-state index is 14.2. The summed E-state index contributed by atoms with van der Waals surface area (Å²) in [7, 11) is 0. The molecule has 4 aromatic rings. The molecule has 1 aliphatic heterocycles. The van der Waals surface area contributed by atoms with E-state index in [1.807, 2.05) is 72.8 Å². The fraction of sp³-hybridized carbons (Fsp3) is 0.200. The van der Waals surface area contributed by atoms with Crippen LogP contribution >= 0.6 is 0 Å². The SMILES string of the molecule is CC(=O)OC1(C(=O)N2CCC2C(=O)NCc2ccc3c(N)nccc3c2)c2ccccc2-c2ccccc21. The second-order valence-electron chi connectivity index (χ2n) is 9.64. The fourth-order valence-corrected chi connectivity index (χ4v) is 5.57. The number of nitrogens with one attached hydrogen (secondary N) is 1. The number of likely N-dealkylation sites (tertiary alicyclic amines) is 1. The van der Waals surface area contributed by atoms with Gasteiger partial charge in [-0.3, -0.25) is 14.4 Å². The average Bonchev–Trinajstić information content (AvgIpc) is 3.17. The zero-order chi connectivity index (χ0) is 26.4. The molecule has 190 valence electrons. The highest BCUT2D eigenvalue weighted by molar-refractivity contribution is 6.03. The predicted molar refractivity (Wildman–Crippen MR) is 143 cm³/mol. The number of benzene rings is 3. The van der Waals surface area contributed by atoms with Crippen LogP contribution in [0.25, 0.3) is 21.9 Å². The second kappa shape index (κ2) is 8.99. The first-order valence-corrected chi connectivity index (χ1v) is 12.5. The van der Waals surface area contributed by atoms with E-state index in [9.17, 15) is 14.4 Å². The van der Waals surface area contributed by atoms with Crippen LogP contribution in [0, 0.1) is 0 Å². The first-order chi connectivity index (χ1) is 18.4. The molecule has 1 aliphatic carbocycles. The van der Waals surface area contributed by atoms with Crippen molar-refractivity contribution in [2.24, 2.45) is 0 Å². The highest BCUT2D eigenvalue weighted by atomic mass is 16.6. The summed E-state index contributed by atoms with van der Waals surface area (Å²) in [5.74, 6) is -0.779. The van der Waals surface area contributed by atoms with E-state index in [2.05, 4.69) is 10.3 Å². The van der Waals surface area contributed by atoms with Gasteiger partial charge >= 0.3 is 5.97 Å². The molecule has 1 unspecified atom stereocenters. The number of nitrogens with zero attached hydrogens (tertiary/aromatic N) is 2. The molecule has 0 spiro atoms. The number of pyridine rings is 1. The van der Waals surface area contributed by atoms with Crippen molar-refractivity contribution in [2.75, 3.05) is 12.3 Å². The summed E-state index contributed by atoms with van der Waals surface area (Å²) in [6, 6.07) is 21.8. The van der Waals surface area contributed by atoms with Gasteiger partial charge in [0.15, 0.2) is 0 Å². The lowest BCUT2D eigenvalue weighted by Gasteiger charge is -2.44. The zero-order valence-electron chi connectivity index (χ0n) is 20.8. The van der Waals surface area contributed by atoms with Gasteiger partial charge in [0.25, 0.3) is 5.91 Å². The summed E-state index contributed by atoms with van der Waals surface area (Å²) in [6.45, 7) is 1.99. The number of nitrogen functional groups attached to an aromatic ring is 1. The van der Waals surface area contributed by atoms with Crippen LogP contribution in [0.2, 0.25) is 0 Å². The predicted octanol–water partition coefficient (Wildman–Crippen LogP) is 3.52. The molecule has 0 saturated carbocycles. The molecule has 3 N–H and O–H groups in total. The highest BCUT2D eigenvalue weighted by Gasteiger charge is 2.56. The number of fused-ring (bicyclic) bond motifs is 4. The van der Waals surface area contributed by atoms with Gasteiger partial charge in [-0.05, 0) is 40.6 Å². The van der Waals surface area contributed by atoms with Crippen molar-refractivity contribution in [1.82, 2.24) is 15.2 Å². The maximum atomic E-state index is 14.2. The van der Waals surface area contributed by atoms with E-state index in [-0.39, 0.29) is 5.91 Å². The summed E-state index contributed by atoms with van der Waals surface area (Å²) < 4.78 is 5.90. The van der Waals surface area contributed by atoms with Gasteiger partial charge < -0.3 is 20.7 Å². The first kappa shape index (κ1) is 23.7. The van der Waals surface area contributed by atoms with Crippen LogP contribution in [0.5, 0.6) is 0 Å². The number of carbonyl (C=O) groups is 3. The number of nitrogens with two attached hydrogens (primary N) is 1. The van der Waals surface area contributed by atoms with Crippen molar-refractivity contribution in [3.63, 3.8) is 0 Å². The quantitative estimate of drug-likeness (QED) is 0.401. The van der Waals surface area contributed by atoms with Gasteiger partial charge in [0.05, 0.1) is 0 Å². The Morgan fingerprint density at radius 1 is 1.03 bits per heavy atom. The summed E-state index contributed by atoms with van der Waals surface area (Å²) in [5, 5.41) is 4.75. The molecule has 8 heteroatoms. The number of rotatable bonds is 5. The van der Waals surface area contributed by atoms with E-state index >= 15 is 0 Å². The van der Waals surface area contributed by atoms with Gasteiger partial charge in [0.1, 0.15) is 11.9 Å². The van der Waals surface area contributed by atoms with E-state index < -0.39 is 23.5 Å². The molecule has 2 heterocycles. The topological polar surface area (TPSA) is 115 Å². The molecule has 8 nitrogen and oxygen atoms in total. The number of hydrogen-bond acceptors (Lipinski definition) is 6. The van der Waals surface area contributed by atoms with E-state index in [0.717, 1.165) is 27.5 Å². The van der Waals surface area contributed by atoms with Crippen LogP contribution in [-0.2, 0) is 31.3 Å². The van der Waals surface area contributed by atoms with Gasteiger partial charge in [-0.15, -0.1) is 0 Å². The van der Waals surface area contributed by atoms with Crippen molar-refractivity contribution < 1.29 is 19.1 Å². The minimum atomic E-state index is -1.63. The number of ether oxygens (including phenoxy) is 1. The summed E-state index contributed by atoms with van der Waals surface area (Å²) >= 11 is 0. The molecule has 38 heavy (non-hydrogen) atoms. The molecule has 1 aromatic heterocycles. The standard InChI is InChI=1S/C30H26N4O4/c1-18(35)38-30(24-8-4-2-6-22(24)23-7-3-5-9-25(23)30)29(37)34-15-13-26(34)28(36)33-17-19-10-11-21-20(16-19)12-14-32-27(21)31/h2-12,14,16,26H,13,15,17H2,1H3,(H2,31,32)(H,33,36). The first-order valence-electron chi connectivity index (χ1n) is 12.5. The number of hydrogen-bond donors (Lipinski definition) is 2. The van der Waals surface area contributed by atoms with Crippen molar-refractivity contribution >= 4 is 34.4 Å². The summed E-state index contributed by atoms with van der Waals surface area (Å²) in [4.78, 5) is 45.4. The lowest BCUT2D eigenvalue weighted by atomic mass is 9.86. The number of carbonyl (C=O) groups excluding carboxylic acids is 3. The van der Waals surface area contributed by atoms with Gasteiger partial charge in [0.2, 0.25) is 11.5 Å². The third-order valence-electron chi connectivity index (χ3n) is 7.41. The van der Waals surface area contributed by atoms with E-state index in [4.69, 9.17) is 10.5 Å². The molecule has 0 bridgehead atoms. The van der Waals surface area contributed by atoms with Crippen LogP contribution in [0.1, 0.15) is 30.0 Å². The molecule has 6 rings (SSSR count). The average molecular weight is 507 g/mol. The van der Waals surface area contributed by atoms with Crippen LogP contribution in [0.15, 0.2) is 79.0 Å². The Kier molecular flexibility index (Phi) is 5.60. The summed E-state index contributed by atoms with van der Waals surface area (Å²) in [5.41, 5.74) is 8.11. The smallest absolute Gasteiger partial charge is 0.304 e. The molecule has 3 aromatic carbocycles. The number of esters is 1. The Morgan fingerprint density at radius 3 is 2.34 bits per heavy atom. The monoisotopic (exact) mass is 506 g/mol. The minimum Gasteiger partial charge on any atom is -0.439 e. The Bertz CT molecular complexity index is 1570. The van der Waals surface area contributed by atoms with Crippen molar-refractivity contribution in [1.29, 1.82) is 0 Å². The highest BCUT2D eigenvalue weighted by Crippen LogP contribution is 2.51. The Balaban J connectivity index is 1.27. The number of amides is 2. The fourth-order valence-electron chi connectivity index (χ4n) is 5.57. The lowest BCUT2D eigenvalue weighted by molar-refractivity contribution is -0.174. The molecule has 2 amide bonds. The molecule has 1 saturated heterocycles. The Hall–Kier alpha value is -4.72. The third kappa shape index (κ3) is 3.60. The molecule has 2 aliphatic rings. The molecule has 0 radical (unpaired) electrons. The maximum Gasteiger partial charge on any atom is 0.304 e. The molecular weight excluding hydrogens is 480 g/mol. The third-order valence-corrected chi connectivity index (χ3v) is 7.41. The van der Waals surface area contributed by atoms with Gasteiger partial charge in [0, 0.05) is 42.7 Å². The van der Waals surface area contributed by atoms with E-state index in [0.29, 0.717) is 36.5 Å². The van der Waals surface area contributed by atoms with Crippen LogP contribution in [0.4, 0.5) is 5.82 Å². The van der Waals surface area contributed by atoms with Crippen molar-refractivity contribution in [2.45, 2.75) is 31.5 Å². The van der Waals surface area contributed by atoms with Crippen LogP contribution in [-0.4, -0.2) is 40.3 Å². The number of aromatic nitrogens is 1. The van der Waals surface area contributed by atoms with E-state index in [1.165, 1.54) is 11.8 Å². The summed E-state index contributed by atoms with van der Waals surface area (Å²) in [6.07, 6.45) is 2.17. The number of anilines is 1. The second-order valence-corrected chi connectivity index (χ2v) is 9.64. The van der Waals surface area contributed by atoms with Crippen LogP contribution in [0.3, 0.4) is 0 Å². The van der Waals surface area contributed by atoms with Crippen molar-refractivity contribution in [3.05, 3.63) is 95.7 Å². The largest absolute Gasteiger partial charge is 0.439 e. The molecular formula is C30H26N4O4.